The van der Waals surface area contributed by atoms with Gasteiger partial charge in [-0.05, 0) is 27.2 Å². The molecule has 0 fully saturated rings. The highest BCUT2D eigenvalue weighted by molar-refractivity contribution is 6.25. The van der Waals surface area contributed by atoms with Crippen LogP contribution in [0.2, 0.25) is 0 Å². The zero-order chi connectivity index (χ0) is 11.0. The van der Waals surface area contributed by atoms with Gasteiger partial charge in [-0.2, -0.15) is 5.26 Å². The van der Waals surface area contributed by atoms with Crippen molar-refractivity contribution in [2.45, 2.75) is 44.8 Å². The van der Waals surface area contributed by atoms with Crippen molar-refractivity contribution in [2.75, 3.05) is 13.2 Å². The quantitative estimate of drug-likeness (QED) is 0.488. The van der Waals surface area contributed by atoms with Gasteiger partial charge in [-0.15, -0.1) is 11.6 Å². The first-order chi connectivity index (χ1) is 6.55. The molecule has 0 bridgehead atoms. The minimum Gasteiger partial charge on any atom is -0.353 e. The number of alkyl halides is 1. The van der Waals surface area contributed by atoms with Crippen molar-refractivity contribution < 1.29 is 9.47 Å². The van der Waals surface area contributed by atoms with Crippen LogP contribution >= 0.6 is 11.6 Å². The molecular weight excluding hydrogens is 202 g/mol. The molecule has 1 unspecified atom stereocenters. The third-order valence-electron chi connectivity index (χ3n) is 1.79. The molecule has 0 aliphatic carbocycles. The van der Waals surface area contributed by atoms with E-state index in [1.165, 1.54) is 0 Å². The average Bonchev–Trinajstić information content (AvgIpc) is 2.15. The van der Waals surface area contributed by atoms with Crippen LogP contribution in [0.3, 0.4) is 0 Å². The van der Waals surface area contributed by atoms with Crippen LogP contribution in [-0.4, -0.2) is 24.4 Å². The Bertz CT molecular complexity index is 183. The molecule has 14 heavy (non-hydrogen) atoms. The summed E-state index contributed by atoms with van der Waals surface area (Å²) in [6.07, 6.45) is 0.974. The minimum atomic E-state index is -0.813. The van der Waals surface area contributed by atoms with Crippen LogP contribution < -0.4 is 0 Å². The van der Waals surface area contributed by atoms with Crippen LogP contribution in [0.25, 0.3) is 0 Å². The zero-order valence-corrected chi connectivity index (χ0v) is 9.80. The Kier molecular flexibility index (Phi) is 6.90. The molecule has 0 heterocycles. The van der Waals surface area contributed by atoms with Crippen LogP contribution in [0.5, 0.6) is 0 Å². The maximum Gasteiger partial charge on any atom is 0.157 e. The van der Waals surface area contributed by atoms with Crippen molar-refractivity contribution in [3.8, 4) is 6.07 Å². The molecule has 0 aliphatic heterocycles. The first-order valence-electron chi connectivity index (χ1n) is 4.89. The van der Waals surface area contributed by atoms with Crippen molar-refractivity contribution in [1.29, 1.82) is 5.26 Å². The summed E-state index contributed by atoms with van der Waals surface area (Å²) in [6.45, 7) is 6.74. The van der Waals surface area contributed by atoms with E-state index in [0.29, 0.717) is 26.1 Å². The summed E-state index contributed by atoms with van der Waals surface area (Å²) in [5.74, 6) is 0. The molecule has 0 aromatic carbocycles. The normalized spacial score (nSPS) is 15.1. The highest BCUT2D eigenvalue weighted by Gasteiger charge is 2.22. The third kappa shape index (κ3) is 6.20. The van der Waals surface area contributed by atoms with Crippen molar-refractivity contribution in [3.63, 3.8) is 0 Å². The van der Waals surface area contributed by atoms with Crippen LogP contribution in [-0.2, 0) is 9.47 Å². The summed E-state index contributed by atoms with van der Waals surface area (Å²) < 4.78 is 10.7. The third-order valence-corrected chi connectivity index (χ3v) is 2.06. The lowest BCUT2D eigenvalue weighted by Gasteiger charge is -2.19. The van der Waals surface area contributed by atoms with E-state index in [2.05, 4.69) is 0 Å². The number of nitrogens with zero attached hydrogens (tertiary/aromatic N) is 1. The number of hydrogen-bond acceptors (Lipinski definition) is 3. The Morgan fingerprint density at radius 3 is 2.21 bits per heavy atom. The largest absolute Gasteiger partial charge is 0.353 e. The summed E-state index contributed by atoms with van der Waals surface area (Å²) in [6, 6.07) is 2.04. The van der Waals surface area contributed by atoms with E-state index < -0.39 is 4.87 Å². The lowest BCUT2D eigenvalue weighted by molar-refractivity contribution is -0.140. The summed E-state index contributed by atoms with van der Waals surface area (Å²) in [5, 5.41) is 8.70. The van der Waals surface area contributed by atoms with Crippen molar-refractivity contribution in [2.24, 2.45) is 0 Å². The predicted molar refractivity (Wildman–Crippen MR) is 56.1 cm³/mol. The molecule has 0 aromatic heterocycles. The van der Waals surface area contributed by atoms with Crippen molar-refractivity contribution in [1.82, 2.24) is 0 Å². The van der Waals surface area contributed by atoms with Gasteiger partial charge in [0.15, 0.2) is 6.29 Å². The SMILES string of the molecule is CCOC(CCC(C)(Cl)C#N)OCC. The monoisotopic (exact) mass is 219 g/mol. The van der Waals surface area contributed by atoms with Gasteiger partial charge in [0.25, 0.3) is 0 Å². The smallest absolute Gasteiger partial charge is 0.157 e. The van der Waals surface area contributed by atoms with Crippen molar-refractivity contribution >= 4 is 11.6 Å². The van der Waals surface area contributed by atoms with E-state index in [9.17, 15) is 0 Å². The standard InChI is InChI=1S/C10H18ClNO2/c1-4-13-9(14-5-2)6-7-10(3,11)8-12/h9H,4-7H2,1-3H3. The number of hydrogen-bond donors (Lipinski definition) is 0. The van der Waals surface area contributed by atoms with Gasteiger partial charge in [-0.1, -0.05) is 0 Å². The van der Waals surface area contributed by atoms with Gasteiger partial charge in [0.2, 0.25) is 0 Å². The summed E-state index contributed by atoms with van der Waals surface area (Å²) in [7, 11) is 0. The second-order valence-corrected chi connectivity index (χ2v) is 4.02. The first-order valence-corrected chi connectivity index (χ1v) is 5.27. The highest BCUT2D eigenvalue weighted by atomic mass is 35.5. The van der Waals surface area contributed by atoms with E-state index >= 15 is 0 Å². The second kappa shape index (κ2) is 7.05. The van der Waals surface area contributed by atoms with Crippen LogP contribution in [0.1, 0.15) is 33.6 Å². The van der Waals surface area contributed by atoms with Gasteiger partial charge in [-0.25, -0.2) is 0 Å². The Morgan fingerprint density at radius 2 is 1.86 bits per heavy atom. The Morgan fingerprint density at radius 1 is 1.36 bits per heavy atom. The fourth-order valence-electron chi connectivity index (χ4n) is 1.03. The predicted octanol–water partition coefficient (Wildman–Crippen LogP) is 2.69. The van der Waals surface area contributed by atoms with E-state index in [4.69, 9.17) is 26.3 Å². The fourth-order valence-corrected chi connectivity index (χ4v) is 1.14. The van der Waals surface area contributed by atoms with Gasteiger partial charge >= 0.3 is 0 Å². The number of nitriles is 1. The second-order valence-electron chi connectivity index (χ2n) is 3.19. The summed E-state index contributed by atoms with van der Waals surface area (Å²) in [4.78, 5) is -0.813. The molecule has 0 rings (SSSR count). The molecule has 4 heteroatoms. The van der Waals surface area contributed by atoms with Crippen molar-refractivity contribution in [3.05, 3.63) is 0 Å². The van der Waals surface area contributed by atoms with Gasteiger partial charge in [0.05, 0.1) is 6.07 Å². The van der Waals surface area contributed by atoms with E-state index in [0.717, 1.165) is 0 Å². The molecule has 82 valence electrons. The number of rotatable bonds is 7. The van der Waals surface area contributed by atoms with E-state index in [1.54, 1.807) is 6.92 Å². The van der Waals surface area contributed by atoms with Crippen LogP contribution in [0, 0.1) is 11.3 Å². The molecule has 0 radical (unpaired) electrons. The lowest BCUT2D eigenvalue weighted by Crippen LogP contribution is -2.22. The number of ether oxygens (including phenoxy) is 2. The van der Waals surface area contributed by atoms with Crippen LogP contribution in [0.4, 0.5) is 0 Å². The zero-order valence-electron chi connectivity index (χ0n) is 9.05. The fraction of sp³-hybridized carbons (Fsp3) is 0.900. The Balaban J connectivity index is 3.87. The Labute approximate surface area is 90.9 Å². The average molecular weight is 220 g/mol. The van der Waals surface area contributed by atoms with Gasteiger partial charge in [0, 0.05) is 19.6 Å². The van der Waals surface area contributed by atoms with Gasteiger partial charge in [-0.3, -0.25) is 0 Å². The molecule has 0 saturated heterocycles. The van der Waals surface area contributed by atoms with Crippen LogP contribution in [0.15, 0.2) is 0 Å². The molecule has 0 aromatic rings. The summed E-state index contributed by atoms with van der Waals surface area (Å²) in [5.41, 5.74) is 0. The van der Waals surface area contributed by atoms with Gasteiger partial charge in [0.1, 0.15) is 4.87 Å². The Hall–Kier alpha value is -0.300. The molecule has 0 spiro atoms. The van der Waals surface area contributed by atoms with E-state index in [1.807, 2.05) is 19.9 Å². The maximum atomic E-state index is 8.70. The summed E-state index contributed by atoms with van der Waals surface area (Å²) >= 11 is 5.89. The molecule has 0 saturated carbocycles. The topological polar surface area (TPSA) is 42.2 Å². The molecule has 3 nitrogen and oxygen atoms in total. The molecule has 0 aliphatic rings. The van der Waals surface area contributed by atoms with Gasteiger partial charge < -0.3 is 9.47 Å². The minimum absolute atomic E-state index is 0.239. The molecule has 1 atom stereocenters. The molecular formula is C10H18ClNO2. The van der Waals surface area contributed by atoms with E-state index in [-0.39, 0.29) is 6.29 Å². The lowest BCUT2D eigenvalue weighted by atomic mass is 10.1. The molecule has 0 amide bonds. The first kappa shape index (κ1) is 13.7. The molecule has 0 N–H and O–H groups in total. The number of halogens is 1. The maximum absolute atomic E-state index is 8.70. The highest BCUT2D eigenvalue weighted by Crippen LogP contribution is 2.21.